The van der Waals surface area contributed by atoms with Gasteiger partial charge in [-0.3, -0.25) is 10.1 Å². The van der Waals surface area contributed by atoms with E-state index in [9.17, 15) is 25.1 Å². The first-order valence-corrected chi connectivity index (χ1v) is 5.60. The van der Waals surface area contributed by atoms with Crippen molar-refractivity contribution in [1.29, 1.82) is 0 Å². The van der Waals surface area contributed by atoms with E-state index in [-0.39, 0.29) is 17.0 Å². The van der Waals surface area contributed by atoms with Crippen molar-refractivity contribution in [3.8, 4) is 23.0 Å². The fourth-order valence-corrected chi connectivity index (χ4v) is 1.61. The van der Waals surface area contributed by atoms with Crippen molar-refractivity contribution >= 4 is 11.7 Å². The predicted octanol–water partition coefficient (Wildman–Crippen LogP) is 2.50. The predicted molar refractivity (Wildman–Crippen MR) is 69.9 cm³/mol. The number of ether oxygens (including phenoxy) is 1. The van der Waals surface area contributed by atoms with Gasteiger partial charge in [-0.2, -0.15) is 0 Å². The maximum atomic E-state index is 10.9. The van der Waals surface area contributed by atoms with Gasteiger partial charge in [-0.25, -0.2) is 4.79 Å². The van der Waals surface area contributed by atoms with Gasteiger partial charge in [-0.05, 0) is 18.2 Å². The second kappa shape index (κ2) is 5.37. The summed E-state index contributed by atoms with van der Waals surface area (Å²) in [5.41, 5.74) is -0.698. The molecule has 0 heterocycles. The quantitative estimate of drug-likeness (QED) is 0.448. The van der Waals surface area contributed by atoms with Crippen molar-refractivity contribution < 1.29 is 29.8 Å². The zero-order chi connectivity index (χ0) is 15.6. The van der Waals surface area contributed by atoms with Crippen molar-refractivity contribution in [2.75, 3.05) is 0 Å². The molecule has 2 aromatic carbocycles. The van der Waals surface area contributed by atoms with Crippen LogP contribution in [-0.2, 0) is 0 Å². The molecular weight excluding hydrogens is 282 g/mol. The van der Waals surface area contributed by atoms with Gasteiger partial charge in [0.25, 0.3) is 0 Å². The number of phenolic OH excluding ortho intramolecular Hbond substituents is 2. The maximum Gasteiger partial charge on any atom is 0.335 e. The summed E-state index contributed by atoms with van der Waals surface area (Å²) in [6.07, 6.45) is 0. The van der Waals surface area contributed by atoms with Gasteiger partial charge >= 0.3 is 11.7 Å². The highest BCUT2D eigenvalue weighted by Crippen LogP contribution is 2.41. The second-order valence-electron chi connectivity index (χ2n) is 3.97. The van der Waals surface area contributed by atoms with E-state index in [2.05, 4.69) is 0 Å². The normalized spacial score (nSPS) is 10.1. The Morgan fingerprint density at radius 1 is 1.14 bits per heavy atom. The first-order chi connectivity index (χ1) is 9.90. The molecule has 0 bridgehead atoms. The van der Waals surface area contributed by atoms with Gasteiger partial charge in [0.1, 0.15) is 0 Å². The molecule has 0 spiro atoms. The molecule has 2 rings (SSSR count). The van der Waals surface area contributed by atoms with E-state index in [0.717, 1.165) is 12.1 Å². The molecule has 3 N–H and O–H groups in total. The van der Waals surface area contributed by atoms with Crippen LogP contribution in [0, 0.1) is 10.1 Å². The lowest BCUT2D eigenvalue weighted by molar-refractivity contribution is -0.385. The van der Waals surface area contributed by atoms with Crippen LogP contribution in [0.1, 0.15) is 10.4 Å². The van der Waals surface area contributed by atoms with Crippen LogP contribution in [0.5, 0.6) is 23.0 Å². The minimum absolute atomic E-state index is 0.195. The maximum absolute atomic E-state index is 10.9. The molecule has 0 amide bonds. The number of carboxylic acids is 1. The highest BCUT2D eigenvalue weighted by atomic mass is 16.6. The number of nitro benzene ring substituents is 1. The van der Waals surface area contributed by atoms with Crippen LogP contribution in [0.2, 0.25) is 0 Å². The lowest BCUT2D eigenvalue weighted by Gasteiger charge is -2.10. The van der Waals surface area contributed by atoms with Crippen molar-refractivity contribution in [2.45, 2.75) is 0 Å². The number of benzene rings is 2. The molecule has 0 unspecified atom stereocenters. The van der Waals surface area contributed by atoms with Crippen molar-refractivity contribution in [1.82, 2.24) is 0 Å². The zero-order valence-corrected chi connectivity index (χ0v) is 10.4. The van der Waals surface area contributed by atoms with Gasteiger partial charge in [0, 0.05) is 6.07 Å². The van der Waals surface area contributed by atoms with Crippen molar-refractivity contribution in [3.63, 3.8) is 0 Å². The molecule has 0 aliphatic heterocycles. The van der Waals surface area contributed by atoms with E-state index >= 15 is 0 Å². The van der Waals surface area contributed by atoms with Gasteiger partial charge in [0.2, 0.25) is 11.5 Å². The smallest absolute Gasteiger partial charge is 0.335 e. The van der Waals surface area contributed by atoms with Crippen LogP contribution in [-0.4, -0.2) is 26.2 Å². The van der Waals surface area contributed by atoms with Gasteiger partial charge in [-0.1, -0.05) is 12.1 Å². The largest absolute Gasteiger partial charge is 0.504 e. The van der Waals surface area contributed by atoms with Gasteiger partial charge in [-0.15, -0.1) is 0 Å². The number of para-hydroxylation sites is 2. The van der Waals surface area contributed by atoms with E-state index in [1.165, 1.54) is 24.3 Å². The number of carbonyl (C=O) groups is 1. The van der Waals surface area contributed by atoms with E-state index in [1.807, 2.05) is 0 Å². The summed E-state index contributed by atoms with van der Waals surface area (Å²) in [5, 5.41) is 38.9. The van der Waals surface area contributed by atoms with Crippen LogP contribution in [0.25, 0.3) is 0 Å². The van der Waals surface area contributed by atoms with E-state index in [0.29, 0.717) is 0 Å². The molecule has 21 heavy (non-hydrogen) atoms. The molecule has 0 aliphatic rings. The lowest BCUT2D eigenvalue weighted by Crippen LogP contribution is -1.98. The number of hydrogen-bond acceptors (Lipinski definition) is 6. The topological polar surface area (TPSA) is 130 Å². The molecule has 0 fully saturated rings. The molecule has 8 heteroatoms. The minimum atomic E-state index is -1.35. The Kier molecular flexibility index (Phi) is 3.61. The molecule has 8 nitrogen and oxygen atoms in total. The van der Waals surface area contributed by atoms with E-state index < -0.39 is 28.1 Å². The number of nitrogens with zero attached hydrogens (tertiary/aromatic N) is 1. The summed E-state index contributed by atoms with van der Waals surface area (Å²) in [6, 6.07) is 7.16. The fourth-order valence-electron chi connectivity index (χ4n) is 1.61. The fraction of sp³-hybridized carbons (Fsp3) is 0. The Bertz CT molecular complexity index is 726. The van der Waals surface area contributed by atoms with E-state index in [1.54, 1.807) is 0 Å². The Labute approximate surface area is 117 Å². The summed E-state index contributed by atoms with van der Waals surface area (Å²) >= 11 is 0. The zero-order valence-electron chi connectivity index (χ0n) is 10.4. The summed E-state index contributed by atoms with van der Waals surface area (Å²) in [7, 11) is 0. The SMILES string of the molecule is O=C(O)c1cc(O)c(O)c(Oc2ccccc2[N+](=O)[O-])c1. The molecule has 0 saturated heterocycles. The third-order valence-electron chi connectivity index (χ3n) is 2.58. The van der Waals surface area contributed by atoms with Gasteiger partial charge in [0.15, 0.2) is 11.5 Å². The Morgan fingerprint density at radius 2 is 1.81 bits per heavy atom. The standard InChI is InChI=1S/C13H9NO7/c15-9-5-7(13(17)18)6-11(12(9)16)21-10-4-2-1-3-8(10)14(19)20/h1-6,15-16H,(H,17,18). The van der Waals surface area contributed by atoms with Crippen LogP contribution in [0.4, 0.5) is 5.69 Å². The molecule has 0 aromatic heterocycles. The lowest BCUT2D eigenvalue weighted by atomic mass is 10.2. The monoisotopic (exact) mass is 291 g/mol. The van der Waals surface area contributed by atoms with Gasteiger partial charge < -0.3 is 20.1 Å². The Morgan fingerprint density at radius 3 is 2.43 bits per heavy atom. The molecular formula is C13H9NO7. The van der Waals surface area contributed by atoms with Crippen LogP contribution < -0.4 is 4.74 Å². The van der Waals surface area contributed by atoms with Crippen molar-refractivity contribution in [3.05, 3.63) is 52.1 Å². The summed E-state index contributed by atoms with van der Waals surface area (Å²) < 4.78 is 5.16. The summed E-state index contributed by atoms with van der Waals surface area (Å²) in [6.45, 7) is 0. The minimum Gasteiger partial charge on any atom is -0.504 e. The Hall–Kier alpha value is -3.29. The first kappa shape index (κ1) is 14.1. The van der Waals surface area contributed by atoms with Crippen molar-refractivity contribution in [2.24, 2.45) is 0 Å². The third kappa shape index (κ3) is 2.84. The number of rotatable bonds is 4. The number of hydrogen-bond donors (Lipinski definition) is 3. The molecule has 0 atom stereocenters. The molecule has 0 saturated carbocycles. The first-order valence-electron chi connectivity index (χ1n) is 5.60. The average molecular weight is 291 g/mol. The highest BCUT2D eigenvalue weighted by Gasteiger charge is 2.19. The summed E-state index contributed by atoms with van der Waals surface area (Å²) in [4.78, 5) is 21.1. The number of carboxylic acid groups (broad SMARTS) is 1. The molecule has 108 valence electrons. The highest BCUT2D eigenvalue weighted by molar-refractivity contribution is 5.89. The molecule has 0 radical (unpaired) electrons. The van der Waals surface area contributed by atoms with Crippen LogP contribution in [0.3, 0.4) is 0 Å². The number of nitro groups is 1. The Balaban J connectivity index is 2.49. The van der Waals surface area contributed by atoms with E-state index in [4.69, 9.17) is 9.84 Å². The number of phenols is 2. The summed E-state index contributed by atoms with van der Waals surface area (Å²) in [5.74, 6) is -3.36. The second-order valence-corrected chi connectivity index (χ2v) is 3.97. The number of aromatic hydroxyl groups is 2. The number of aromatic carboxylic acids is 1. The molecule has 2 aromatic rings. The average Bonchev–Trinajstić information content (AvgIpc) is 2.43. The van der Waals surface area contributed by atoms with Crippen LogP contribution >= 0.6 is 0 Å². The third-order valence-corrected chi connectivity index (χ3v) is 2.58. The van der Waals surface area contributed by atoms with Gasteiger partial charge in [0.05, 0.1) is 10.5 Å². The van der Waals surface area contributed by atoms with Crippen LogP contribution in [0.15, 0.2) is 36.4 Å². The molecule has 0 aliphatic carbocycles.